The molecule has 0 aromatic heterocycles. The minimum atomic E-state index is -0.609. The van der Waals surface area contributed by atoms with E-state index in [-0.39, 0.29) is 11.9 Å². The molecule has 0 heterocycles. The molecule has 94 valence electrons. The van der Waals surface area contributed by atoms with Crippen LogP contribution < -0.4 is 10.1 Å². The van der Waals surface area contributed by atoms with Crippen molar-refractivity contribution in [3.05, 3.63) is 29.3 Å². The molecular formula is C13H17F2NO. The Morgan fingerprint density at radius 2 is 1.82 bits per heavy atom. The Balaban J connectivity index is 2.15. The highest BCUT2D eigenvalue weighted by Gasteiger charge is 2.21. The molecule has 1 aromatic carbocycles. The number of ether oxygens (including phenoxy) is 1. The molecule has 1 fully saturated rings. The summed E-state index contributed by atoms with van der Waals surface area (Å²) in [7, 11) is 1.73. The molecule has 17 heavy (non-hydrogen) atoms. The summed E-state index contributed by atoms with van der Waals surface area (Å²) in [5, 5.41) is 2.86. The van der Waals surface area contributed by atoms with Crippen molar-refractivity contribution >= 4 is 0 Å². The van der Waals surface area contributed by atoms with Gasteiger partial charge in [0.25, 0.3) is 0 Å². The van der Waals surface area contributed by atoms with Gasteiger partial charge in [-0.1, -0.05) is 0 Å². The summed E-state index contributed by atoms with van der Waals surface area (Å²) in [5.41, 5.74) is 0.585. The van der Waals surface area contributed by atoms with Gasteiger partial charge in [-0.15, -0.1) is 0 Å². The fourth-order valence-corrected chi connectivity index (χ4v) is 2.20. The van der Waals surface area contributed by atoms with Gasteiger partial charge in [-0.05, 0) is 50.4 Å². The van der Waals surface area contributed by atoms with Crippen LogP contribution in [0.25, 0.3) is 0 Å². The minimum absolute atomic E-state index is 0.0332. The quantitative estimate of drug-likeness (QED) is 0.875. The molecule has 0 radical (unpaired) electrons. The van der Waals surface area contributed by atoms with Crippen LogP contribution in [-0.4, -0.2) is 13.2 Å². The lowest BCUT2D eigenvalue weighted by Gasteiger charge is -2.15. The van der Waals surface area contributed by atoms with E-state index in [9.17, 15) is 8.78 Å². The van der Waals surface area contributed by atoms with Crippen molar-refractivity contribution < 1.29 is 13.5 Å². The first kappa shape index (κ1) is 12.3. The predicted octanol–water partition coefficient (Wildman–Crippen LogP) is 3.01. The van der Waals surface area contributed by atoms with Crippen LogP contribution in [0.1, 0.15) is 31.2 Å². The lowest BCUT2D eigenvalue weighted by atomic mass is 10.2. The molecule has 0 amide bonds. The Kier molecular flexibility index (Phi) is 3.94. The SMILES string of the molecule is CNCc1cc(F)c(OC2CCCC2)c(F)c1. The van der Waals surface area contributed by atoms with Gasteiger partial charge in [0.2, 0.25) is 0 Å². The molecule has 0 saturated heterocycles. The highest BCUT2D eigenvalue weighted by Crippen LogP contribution is 2.29. The van der Waals surface area contributed by atoms with Gasteiger partial charge in [-0.3, -0.25) is 0 Å². The maximum atomic E-state index is 13.7. The number of halogens is 2. The number of hydrogen-bond acceptors (Lipinski definition) is 2. The third kappa shape index (κ3) is 2.94. The Hall–Kier alpha value is -1.16. The summed E-state index contributed by atoms with van der Waals surface area (Å²) in [6, 6.07) is 2.65. The average Bonchev–Trinajstić information content (AvgIpc) is 2.76. The first-order valence-corrected chi connectivity index (χ1v) is 6.00. The van der Waals surface area contributed by atoms with Gasteiger partial charge in [0.1, 0.15) is 0 Å². The number of nitrogens with one attached hydrogen (secondary N) is 1. The lowest BCUT2D eigenvalue weighted by molar-refractivity contribution is 0.191. The standard InChI is InChI=1S/C13H17F2NO/c1-16-8-9-6-11(14)13(12(15)7-9)17-10-4-2-3-5-10/h6-7,10,16H,2-5,8H2,1H3. The second-order valence-corrected chi connectivity index (χ2v) is 4.44. The number of hydrogen-bond donors (Lipinski definition) is 1. The Bertz CT molecular complexity index is 366. The van der Waals surface area contributed by atoms with Gasteiger partial charge in [0.15, 0.2) is 17.4 Å². The third-order valence-corrected chi connectivity index (χ3v) is 3.03. The van der Waals surface area contributed by atoms with E-state index >= 15 is 0 Å². The average molecular weight is 241 g/mol. The molecule has 1 saturated carbocycles. The molecule has 0 bridgehead atoms. The predicted molar refractivity (Wildman–Crippen MR) is 62.0 cm³/mol. The van der Waals surface area contributed by atoms with Crippen molar-refractivity contribution in [2.24, 2.45) is 0 Å². The van der Waals surface area contributed by atoms with Crippen molar-refractivity contribution in [3.8, 4) is 5.75 Å². The fourth-order valence-electron chi connectivity index (χ4n) is 2.20. The molecule has 1 aliphatic rings. The van der Waals surface area contributed by atoms with Crippen molar-refractivity contribution in [1.29, 1.82) is 0 Å². The molecule has 0 unspecified atom stereocenters. The first-order valence-electron chi connectivity index (χ1n) is 6.00. The normalized spacial score (nSPS) is 16.4. The van der Waals surface area contributed by atoms with Crippen LogP contribution in [0.15, 0.2) is 12.1 Å². The number of rotatable bonds is 4. The van der Waals surface area contributed by atoms with E-state index in [1.165, 1.54) is 12.1 Å². The van der Waals surface area contributed by atoms with E-state index in [1.54, 1.807) is 7.05 Å². The third-order valence-electron chi connectivity index (χ3n) is 3.03. The van der Waals surface area contributed by atoms with Crippen LogP contribution in [-0.2, 0) is 6.54 Å². The van der Waals surface area contributed by atoms with E-state index in [2.05, 4.69) is 5.32 Å². The minimum Gasteiger partial charge on any atom is -0.484 e. The van der Waals surface area contributed by atoms with Gasteiger partial charge < -0.3 is 10.1 Å². The first-order chi connectivity index (χ1) is 8.20. The van der Waals surface area contributed by atoms with Gasteiger partial charge in [0.05, 0.1) is 6.10 Å². The molecule has 1 aliphatic carbocycles. The molecular weight excluding hydrogens is 224 g/mol. The Labute approximate surface area is 100.0 Å². The zero-order valence-electron chi connectivity index (χ0n) is 9.93. The summed E-state index contributed by atoms with van der Waals surface area (Å²) in [4.78, 5) is 0. The topological polar surface area (TPSA) is 21.3 Å². The zero-order chi connectivity index (χ0) is 12.3. The maximum absolute atomic E-state index is 13.7. The van der Waals surface area contributed by atoms with Crippen LogP contribution in [0.5, 0.6) is 5.75 Å². The summed E-state index contributed by atoms with van der Waals surface area (Å²) < 4.78 is 32.8. The van der Waals surface area contributed by atoms with Crippen LogP contribution in [0.3, 0.4) is 0 Å². The summed E-state index contributed by atoms with van der Waals surface area (Å²) in [6.07, 6.45) is 3.89. The monoisotopic (exact) mass is 241 g/mol. The smallest absolute Gasteiger partial charge is 0.191 e. The van der Waals surface area contributed by atoms with Crippen molar-refractivity contribution in [1.82, 2.24) is 5.32 Å². The van der Waals surface area contributed by atoms with Crippen molar-refractivity contribution in [2.45, 2.75) is 38.3 Å². The largest absolute Gasteiger partial charge is 0.484 e. The van der Waals surface area contributed by atoms with E-state index in [4.69, 9.17) is 4.74 Å². The van der Waals surface area contributed by atoms with Crippen LogP contribution >= 0.6 is 0 Å². The zero-order valence-corrected chi connectivity index (χ0v) is 9.93. The summed E-state index contributed by atoms with van der Waals surface area (Å²) in [5.74, 6) is -1.44. The van der Waals surface area contributed by atoms with Gasteiger partial charge in [-0.25, -0.2) is 8.78 Å². The molecule has 0 spiro atoms. The van der Waals surface area contributed by atoms with Crippen LogP contribution in [0.4, 0.5) is 8.78 Å². The molecule has 1 aromatic rings. The summed E-state index contributed by atoms with van der Waals surface area (Å²) in [6.45, 7) is 0.442. The van der Waals surface area contributed by atoms with Gasteiger partial charge in [0, 0.05) is 6.54 Å². The van der Waals surface area contributed by atoms with Crippen LogP contribution in [0.2, 0.25) is 0 Å². The van der Waals surface area contributed by atoms with Gasteiger partial charge in [-0.2, -0.15) is 0 Å². The second-order valence-electron chi connectivity index (χ2n) is 4.44. The molecule has 4 heteroatoms. The van der Waals surface area contributed by atoms with Crippen LogP contribution in [0, 0.1) is 11.6 Å². The fraction of sp³-hybridized carbons (Fsp3) is 0.538. The Morgan fingerprint density at radius 3 is 2.35 bits per heavy atom. The van der Waals surface area contributed by atoms with E-state index in [0.717, 1.165) is 25.7 Å². The second kappa shape index (κ2) is 5.45. The lowest BCUT2D eigenvalue weighted by Crippen LogP contribution is -2.14. The van der Waals surface area contributed by atoms with Crippen molar-refractivity contribution in [3.63, 3.8) is 0 Å². The highest BCUT2D eigenvalue weighted by molar-refractivity contribution is 5.31. The molecule has 0 aliphatic heterocycles. The molecule has 2 rings (SSSR count). The maximum Gasteiger partial charge on any atom is 0.191 e. The van der Waals surface area contributed by atoms with E-state index in [0.29, 0.717) is 12.1 Å². The number of benzene rings is 1. The summed E-state index contributed by atoms with van der Waals surface area (Å²) >= 11 is 0. The Morgan fingerprint density at radius 1 is 1.24 bits per heavy atom. The highest BCUT2D eigenvalue weighted by atomic mass is 19.1. The molecule has 1 N–H and O–H groups in total. The van der Waals surface area contributed by atoms with Crippen molar-refractivity contribution in [2.75, 3.05) is 7.05 Å². The molecule has 2 nitrogen and oxygen atoms in total. The van der Waals surface area contributed by atoms with E-state index < -0.39 is 11.6 Å². The van der Waals surface area contributed by atoms with E-state index in [1.807, 2.05) is 0 Å². The van der Waals surface area contributed by atoms with Gasteiger partial charge >= 0.3 is 0 Å². The molecule has 0 atom stereocenters.